The average molecular weight is 275 g/mol. The van der Waals surface area contributed by atoms with E-state index in [0.717, 1.165) is 17.8 Å². The van der Waals surface area contributed by atoms with Crippen molar-refractivity contribution in [2.24, 2.45) is 0 Å². The van der Waals surface area contributed by atoms with Gasteiger partial charge in [0.15, 0.2) is 0 Å². The maximum absolute atomic E-state index is 10.6. The molecule has 0 bridgehead atoms. The van der Waals surface area contributed by atoms with Gasteiger partial charge in [0, 0.05) is 25.7 Å². The van der Waals surface area contributed by atoms with E-state index in [1.807, 2.05) is 0 Å². The van der Waals surface area contributed by atoms with Crippen LogP contribution in [0.25, 0.3) is 0 Å². The Morgan fingerprint density at radius 1 is 1.33 bits per heavy atom. The van der Waals surface area contributed by atoms with Crippen LogP contribution in [-0.4, -0.2) is 49.6 Å². The third kappa shape index (κ3) is 6.06. The van der Waals surface area contributed by atoms with E-state index in [1.54, 1.807) is 12.5 Å². The SMILES string of the molecule is COCCCOCCOCc1csc(C(=O)O)n1. The molecule has 1 rings (SSSR count). The van der Waals surface area contributed by atoms with E-state index in [-0.39, 0.29) is 5.01 Å². The fraction of sp³-hybridized carbons (Fsp3) is 0.636. The molecule has 0 aliphatic carbocycles. The Labute approximate surface area is 110 Å². The zero-order chi connectivity index (χ0) is 13.2. The van der Waals surface area contributed by atoms with Crippen molar-refractivity contribution in [3.8, 4) is 0 Å². The lowest BCUT2D eigenvalue weighted by atomic mass is 10.5. The van der Waals surface area contributed by atoms with Crippen molar-refractivity contribution in [3.05, 3.63) is 16.1 Å². The molecular weight excluding hydrogens is 258 g/mol. The summed E-state index contributed by atoms with van der Waals surface area (Å²) in [6.45, 7) is 2.63. The topological polar surface area (TPSA) is 77.9 Å². The fourth-order valence-corrected chi connectivity index (χ4v) is 1.81. The van der Waals surface area contributed by atoms with Crippen LogP contribution in [0.1, 0.15) is 21.9 Å². The fourth-order valence-electron chi connectivity index (χ4n) is 1.17. The number of nitrogens with zero attached hydrogens (tertiary/aromatic N) is 1. The van der Waals surface area contributed by atoms with Crippen LogP contribution in [0.5, 0.6) is 0 Å². The van der Waals surface area contributed by atoms with E-state index in [9.17, 15) is 4.79 Å². The third-order valence-corrected chi connectivity index (χ3v) is 2.87. The zero-order valence-electron chi connectivity index (χ0n) is 10.3. The summed E-state index contributed by atoms with van der Waals surface area (Å²) in [6, 6.07) is 0. The number of rotatable bonds is 10. The molecule has 18 heavy (non-hydrogen) atoms. The summed E-state index contributed by atoms with van der Waals surface area (Å²) in [5, 5.41) is 10.5. The molecule has 0 aliphatic rings. The van der Waals surface area contributed by atoms with Gasteiger partial charge < -0.3 is 19.3 Å². The molecule has 1 aromatic rings. The Morgan fingerprint density at radius 2 is 2.11 bits per heavy atom. The number of ether oxygens (including phenoxy) is 3. The van der Waals surface area contributed by atoms with Crippen LogP contribution < -0.4 is 0 Å². The second-order valence-electron chi connectivity index (χ2n) is 3.46. The molecule has 0 aliphatic heterocycles. The van der Waals surface area contributed by atoms with Crippen LogP contribution in [0.2, 0.25) is 0 Å². The van der Waals surface area contributed by atoms with Crippen LogP contribution in [0.3, 0.4) is 0 Å². The first-order chi connectivity index (χ1) is 8.74. The molecule has 0 fully saturated rings. The summed E-state index contributed by atoms with van der Waals surface area (Å²) < 4.78 is 15.5. The Hall–Kier alpha value is -1.02. The molecule has 0 amide bonds. The third-order valence-electron chi connectivity index (χ3n) is 1.99. The van der Waals surface area contributed by atoms with Crippen molar-refractivity contribution in [3.63, 3.8) is 0 Å². The molecular formula is C11H17NO5S. The first-order valence-corrected chi connectivity index (χ1v) is 6.44. The van der Waals surface area contributed by atoms with Gasteiger partial charge in [-0.15, -0.1) is 11.3 Å². The van der Waals surface area contributed by atoms with Crippen molar-refractivity contribution < 1.29 is 24.1 Å². The van der Waals surface area contributed by atoms with Gasteiger partial charge in [-0.25, -0.2) is 9.78 Å². The van der Waals surface area contributed by atoms with Gasteiger partial charge in [-0.2, -0.15) is 0 Å². The van der Waals surface area contributed by atoms with Crippen LogP contribution in [0.4, 0.5) is 0 Å². The lowest BCUT2D eigenvalue weighted by Gasteiger charge is -2.04. The number of aromatic nitrogens is 1. The molecule has 1 aromatic heterocycles. The van der Waals surface area contributed by atoms with E-state index in [1.165, 1.54) is 0 Å². The molecule has 1 N–H and O–H groups in total. The van der Waals surface area contributed by atoms with Crippen LogP contribution in [-0.2, 0) is 20.8 Å². The summed E-state index contributed by atoms with van der Waals surface area (Å²) in [7, 11) is 1.66. The second-order valence-corrected chi connectivity index (χ2v) is 4.32. The highest BCUT2D eigenvalue weighted by atomic mass is 32.1. The van der Waals surface area contributed by atoms with Gasteiger partial charge in [-0.3, -0.25) is 0 Å². The predicted octanol–water partition coefficient (Wildman–Crippen LogP) is 1.41. The quantitative estimate of drug-likeness (QED) is 0.650. The Balaban J connectivity index is 2.02. The van der Waals surface area contributed by atoms with E-state index in [2.05, 4.69) is 4.98 Å². The molecule has 6 nitrogen and oxygen atoms in total. The van der Waals surface area contributed by atoms with E-state index >= 15 is 0 Å². The van der Waals surface area contributed by atoms with Gasteiger partial charge in [0.1, 0.15) is 0 Å². The van der Waals surface area contributed by atoms with Crippen molar-refractivity contribution in [2.75, 3.05) is 33.5 Å². The number of aromatic carboxylic acids is 1. The first kappa shape index (κ1) is 15.0. The maximum atomic E-state index is 10.6. The van der Waals surface area contributed by atoms with Crippen molar-refractivity contribution in [1.82, 2.24) is 4.98 Å². The molecule has 0 aromatic carbocycles. The van der Waals surface area contributed by atoms with Gasteiger partial charge in [-0.1, -0.05) is 0 Å². The summed E-state index contributed by atoms with van der Waals surface area (Å²) in [6.07, 6.45) is 0.866. The molecule has 0 atom stereocenters. The second kappa shape index (κ2) is 8.98. The van der Waals surface area contributed by atoms with Crippen molar-refractivity contribution in [2.45, 2.75) is 13.0 Å². The minimum absolute atomic E-state index is 0.0874. The monoisotopic (exact) mass is 275 g/mol. The lowest BCUT2D eigenvalue weighted by molar-refractivity contribution is 0.0328. The van der Waals surface area contributed by atoms with Gasteiger partial charge in [-0.05, 0) is 6.42 Å². The predicted molar refractivity (Wildman–Crippen MR) is 66.0 cm³/mol. The minimum atomic E-state index is -1.01. The number of hydrogen-bond donors (Lipinski definition) is 1. The highest BCUT2D eigenvalue weighted by Crippen LogP contribution is 2.10. The maximum Gasteiger partial charge on any atom is 0.365 e. The van der Waals surface area contributed by atoms with Crippen LogP contribution in [0.15, 0.2) is 5.38 Å². The van der Waals surface area contributed by atoms with Crippen molar-refractivity contribution >= 4 is 17.3 Å². The van der Waals surface area contributed by atoms with Gasteiger partial charge in [0.2, 0.25) is 5.01 Å². The smallest absolute Gasteiger partial charge is 0.365 e. The summed E-state index contributed by atoms with van der Waals surface area (Å²) in [5.74, 6) is -1.01. The standard InChI is InChI=1S/C11H17NO5S/c1-15-3-2-4-16-5-6-17-7-9-8-18-10(12-9)11(13)14/h8H,2-7H2,1H3,(H,13,14). The molecule has 0 saturated heterocycles. The average Bonchev–Trinajstić information content (AvgIpc) is 2.81. The number of carboxylic acids is 1. The molecule has 0 saturated carbocycles. The lowest BCUT2D eigenvalue weighted by Crippen LogP contribution is -2.07. The zero-order valence-corrected chi connectivity index (χ0v) is 11.1. The van der Waals surface area contributed by atoms with Crippen molar-refractivity contribution in [1.29, 1.82) is 0 Å². The summed E-state index contributed by atoms with van der Waals surface area (Å²) >= 11 is 1.10. The highest BCUT2D eigenvalue weighted by molar-refractivity contribution is 7.11. The van der Waals surface area contributed by atoms with Gasteiger partial charge in [0.25, 0.3) is 0 Å². The number of carboxylic acid groups (broad SMARTS) is 1. The van der Waals surface area contributed by atoms with E-state index < -0.39 is 5.97 Å². The van der Waals surface area contributed by atoms with Crippen LogP contribution >= 0.6 is 11.3 Å². The number of methoxy groups -OCH3 is 1. The Bertz CT molecular complexity index is 355. The molecule has 0 unspecified atom stereocenters. The Morgan fingerprint density at radius 3 is 2.78 bits per heavy atom. The first-order valence-electron chi connectivity index (χ1n) is 5.56. The summed E-state index contributed by atoms with van der Waals surface area (Å²) in [5.41, 5.74) is 0.636. The number of thiazole rings is 1. The molecule has 1 heterocycles. The largest absolute Gasteiger partial charge is 0.476 e. The summed E-state index contributed by atoms with van der Waals surface area (Å²) in [4.78, 5) is 14.5. The molecule has 102 valence electrons. The Kier molecular flexibility index (Phi) is 7.51. The van der Waals surface area contributed by atoms with E-state index in [4.69, 9.17) is 19.3 Å². The van der Waals surface area contributed by atoms with Gasteiger partial charge >= 0.3 is 5.97 Å². The van der Waals surface area contributed by atoms with Crippen LogP contribution in [0, 0.1) is 0 Å². The van der Waals surface area contributed by atoms with E-state index in [0.29, 0.717) is 38.7 Å². The normalized spacial score (nSPS) is 10.7. The molecule has 0 spiro atoms. The van der Waals surface area contributed by atoms with Gasteiger partial charge in [0.05, 0.1) is 25.5 Å². The number of hydrogen-bond acceptors (Lipinski definition) is 6. The highest BCUT2D eigenvalue weighted by Gasteiger charge is 2.08. The minimum Gasteiger partial charge on any atom is -0.476 e. The number of carbonyl (C=O) groups is 1. The molecule has 0 radical (unpaired) electrons. The molecule has 7 heteroatoms.